The lowest BCUT2D eigenvalue weighted by Crippen LogP contribution is -1.73. The third-order valence-corrected chi connectivity index (χ3v) is 1.52. The van der Waals surface area contributed by atoms with Gasteiger partial charge in [0.1, 0.15) is 0 Å². The van der Waals surface area contributed by atoms with Crippen LogP contribution in [-0.4, -0.2) is 0 Å². The van der Waals surface area contributed by atoms with Crippen LogP contribution in [0, 0.1) is 0 Å². The summed E-state index contributed by atoms with van der Waals surface area (Å²) < 4.78 is 0. The average molecular weight is 150 g/mol. The molecule has 0 bridgehead atoms. The molecule has 0 radical (unpaired) electrons. The van der Waals surface area contributed by atoms with Crippen molar-refractivity contribution in [2.75, 3.05) is 0 Å². The van der Waals surface area contributed by atoms with E-state index in [0.29, 0.717) is 0 Å². The zero-order chi connectivity index (χ0) is 8.53. The molecule has 0 heterocycles. The predicted octanol–water partition coefficient (Wildman–Crippen LogP) is 3.87. The molecule has 11 heavy (non-hydrogen) atoms. The fourth-order valence-electron chi connectivity index (χ4n) is 0.940. The van der Waals surface area contributed by atoms with Crippen LogP contribution in [-0.2, 0) is 0 Å². The smallest absolute Gasteiger partial charge is 0.0163 e. The molecule has 62 valence electrons. The van der Waals surface area contributed by atoms with Gasteiger partial charge in [0.05, 0.1) is 0 Å². The Morgan fingerprint density at radius 1 is 1.45 bits per heavy atom. The van der Waals surface area contributed by atoms with Crippen molar-refractivity contribution in [2.45, 2.75) is 33.1 Å². The normalized spacial score (nSPS) is 12.4. The van der Waals surface area contributed by atoms with Gasteiger partial charge in [0, 0.05) is 0 Å². The largest absolute Gasteiger partial charge is 0.0991 e. The molecule has 0 fully saturated rings. The van der Waals surface area contributed by atoms with Gasteiger partial charge in [0.2, 0.25) is 0 Å². The molecule has 0 aromatic heterocycles. The molecule has 0 heteroatoms. The molecule has 0 atom stereocenters. The monoisotopic (exact) mass is 150 g/mol. The van der Waals surface area contributed by atoms with E-state index < -0.39 is 0 Å². The third kappa shape index (κ3) is 7.11. The van der Waals surface area contributed by atoms with Crippen molar-refractivity contribution >= 4 is 0 Å². The van der Waals surface area contributed by atoms with Gasteiger partial charge in [-0.1, -0.05) is 49.8 Å². The van der Waals surface area contributed by atoms with Crippen LogP contribution in [0.25, 0.3) is 0 Å². The van der Waals surface area contributed by atoms with Crippen molar-refractivity contribution in [2.24, 2.45) is 0 Å². The first-order valence-electron chi connectivity index (χ1n) is 4.24. The van der Waals surface area contributed by atoms with Crippen molar-refractivity contribution in [3.63, 3.8) is 0 Å². The van der Waals surface area contributed by atoms with Crippen molar-refractivity contribution in [1.29, 1.82) is 0 Å². The Morgan fingerprint density at radius 3 is 2.73 bits per heavy atom. The summed E-state index contributed by atoms with van der Waals surface area (Å²) in [6.45, 7) is 8.00. The van der Waals surface area contributed by atoms with E-state index in [1.165, 1.54) is 18.4 Å². The highest BCUT2D eigenvalue weighted by molar-refractivity contribution is 5.05. The van der Waals surface area contributed by atoms with Crippen molar-refractivity contribution in [1.82, 2.24) is 0 Å². The molecule has 0 aliphatic carbocycles. The molecular weight excluding hydrogens is 132 g/mol. The Labute approximate surface area is 70.3 Å². The molecule has 0 rings (SSSR count). The topological polar surface area (TPSA) is 0 Å². The van der Waals surface area contributed by atoms with Gasteiger partial charge in [-0.25, -0.2) is 0 Å². The molecule has 0 aliphatic rings. The Morgan fingerprint density at radius 2 is 2.18 bits per heavy atom. The summed E-state index contributed by atoms with van der Waals surface area (Å²) in [6.07, 6.45) is 11.7. The van der Waals surface area contributed by atoms with Gasteiger partial charge >= 0.3 is 0 Å². The zero-order valence-corrected chi connectivity index (χ0v) is 7.64. The Hall–Kier alpha value is -0.780. The first-order valence-corrected chi connectivity index (χ1v) is 4.24. The van der Waals surface area contributed by atoms with Crippen LogP contribution >= 0.6 is 0 Å². The molecule has 0 aromatic rings. The second-order valence-corrected chi connectivity index (χ2v) is 2.70. The fourth-order valence-corrected chi connectivity index (χ4v) is 0.940. The maximum Gasteiger partial charge on any atom is -0.0163 e. The summed E-state index contributed by atoms with van der Waals surface area (Å²) in [5, 5.41) is 0. The van der Waals surface area contributed by atoms with Crippen LogP contribution < -0.4 is 0 Å². The third-order valence-electron chi connectivity index (χ3n) is 1.52. The van der Waals surface area contributed by atoms with Gasteiger partial charge < -0.3 is 0 Å². The summed E-state index contributed by atoms with van der Waals surface area (Å²) in [5.41, 5.74) is 1.49. The lowest BCUT2D eigenvalue weighted by molar-refractivity contribution is 0.899. The standard InChI is InChI=1S/C11H18/c1-4-6-7-8-10-11(3)9-5-2/h4,6-7,10H,1,5,8-9H2,2-3H3/b7-6-,11-10?. The number of hydrogen-bond donors (Lipinski definition) is 0. The highest BCUT2D eigenvalue weighted by atomic mass is 13.9. The van der Waals surface area contributed by atoms with E-state index >= 15 is 0 Å². The van der Waals surface area contributed by atoms with Crippen LogP contribution in [0.15, 0.2) is 36.5 Å². The summed E-state index contributed by atoms with van der Waals surface area (Å²) in [4.78, 5) is 0. The van der Waals surface area contributed by atoms with E-state index in [-0.39, 0.29) is 0 Å². The van der Waals surface area contributed by atoms with Crippen LogP contribution in [0.3, 0.4) is 0 Å². The van der Waals surface area contributed by atoms with Gasteiger partial charge in [-0.2, -0.15) is 0 Å². The Balaban J connectivity index is 3.54. The minimum atomic E-state index is 1.04. The van der Waals surface area contributed by atoms with Gasteiger partial charge in [-0.15, -0.1) is 0 Å². The average Bonchev–Trinajstić information content (AvgIpc) is 1.99. The summed E-state index contributed by atoms with van der Waals surface area (Å²) >= 11 is 0. The maximum atomic E-state index is 3.61. The van der Waals surface area contributed by atoms with Gasteiger partial charge in [-0.3, -0.25) is 0 Å². The van der Waals surface area contributed by atoms with E-state index in [1.54, 1.807) is 0 Å². The number of hydrogen-bond acceptors (Lipinski definition) is 0. The molecule has 0 saturated carbocycles. The molecule has 0 saturated heterocycles. The van der Waals surface area contributed by atoms with Gasteiger partial charge in [0.25, 0.3) is 0 Å². The lowest BCUT2D eigenvalue weighted by Gasteiger charge is -1.94. The van der Waals surface area contributed by atoms with Crippen molar-refractivity contribution in [3.05, 3.63) is 36.5 Å². The van der Waals surface area contributed by atoms with Crippen LogP contribution in [0.5, 0.6) is 0 Å². The Kier molecular flexibility index (Phi) is 6.81. The molecule has 0 aromatic carbocycles. The number of allylic oxidation sites excluding steroid dienone is 5. The predicted molar refractivity (Wildman–Crippen MR) is 52.6 cm³/mol. The molecular formula is C11H18. The highest BCUT2D eigenvalue weighted by Gasteiger charge is 1.83. The van der Waals surface area contributed by atoms with E-state index in [0.717, 1.165) is 6.42 Å². The first-order chi connectivity index (χ1) is 5.31. The zero-order valence-electron chi connectivity index (χ0n) is 7.64. The summed E-state index contributed by atoms with van der Waals surface area (Å²) in [5.74, 6) is 0. The van der Waals surface area contributed by atoms with Gasteiger partial charge in [-0.05, 0) is 19.8 Å². The fraction of sp³-hybridized carbons (Fsp3) is 0.455. The molecule has 0 aliphatic heterocycles. The minimum absolute atomic E-state index is 1.04. The van der Waals surface area contributed by atoms with E-state index in [4.69, 9.17) is 0 Å². The number of rotatable bonds is 5. The quantitative estimate of drug-likeness (QED) is 0.412. The van der Waals surface area contributed by atoms with E-state index in [2.05, 4.69) is 32.6 Å². The highest BCUT2D eigenvalue weighted by Crippen LogP contribution is 2.04. The SMILES string of the molecule is C=C/C=C\CC=C(C)CCC. The molecule has 0 unspecified atom stereocenters. The minimum Gasteiger partial charge on any atom is -0.0991 e. The molecule has 0 spiro atoms. The van der Waals surface area contributed by atoms with Crippen molar-refractivity contribution in [3.8, 4) is 0 Å². The first kappa shape index (κ1) is 10.2. The molecule has 0 amide bonds. The van der Waals surface area contributed by atoms with E-state index in [1.807, 2.05) is 12.2 Å². The summed E-state index contributed by atoms with van der Waals surface area (Å²) in [7, 11) is 0. The van der Waals surface area contributed by atoms with Gasteiger partial charge in [0.15, 0.2) is 0 Å². The Bertz CT molecular complexity index is 149. The second kappa shape index (κ2) is 7.33. The van der Waals surface area contributed by atoms with Crippen LogP contribution in [0.4, 0.5) is 0 Å². The second-order valence-electron chi connectivity index (χ2n) is 2.70. The van der Waals surface area contributed by atoms with Crippen LogP contribution in [0.2, 0.25) is 0 Å². The summed E-state index contributed by atoms with van der Waals surface area (Å²) in [6, 6.07) is 0. The molecule has 0 N–H and O–H groups in total. The lowest BCUT2D eigenvalue weighted by atomic mass is 10.1. The van der Waals surface area contributed by atoms with E-state index in [9.17, 15) is 0 Å². The maximum absolute atomic E-state index is 3.61. The van der Waals surface area contributed by atoms with Crippen molar-refractivity contribution < 1.29 is 0 Å². The molecule has 0 nitrogen and oxygen atoms in total. The van der Waals surface area contributed by atoms with Crippen LogP contribution in [0.1, 0.15) is 33.1 Å².